The van der Waals surface area contributed by atoms with Gasteiger partial charge in [-0.05, 0) is 73.5 Å². The number of halogens is 1. The van der Waals surface area contributed by atoms with Crippen molar-refractivity contribution in [3.05, 3.63) is 22.6 Å². The van der Waals surface area contributed by atoms with Crippen molar-refractivity contribution >= 4 is 15.9 Å². The minimum absolute atomic E-state index is 0.422. The first-order chi connectivity index (χ1) is 8.22. The van der Waals surface area contributed by atoms with E-state index in [-0.39, 0.29) is 0 Å². The zero-order valence-corrected chi connectivity index (χ0v) is 12.2. The third-order valence-corrected chi connectivity index (χ3v) is 3.92. The minimum atomic E-state index is 0.422. The van der Waals surface area contributed by atoms with Gasteiger partial charge in [0, 0.05) is 0 Å². The number of nitrogens with one attached hydrogen (secondary N) is 1. The van der Waals surface area contributed by atoms with Crippen LogP contribution in [-0.4, -0.2) is 31.6 Å². The third kappa shape index (κ3) is 3.12. The fourth-order valence-electron chi connectivity index (χ4n) is 2.64. The van der Waals surface area contributed by atoms with E-state index >= 15 is 0 Å². The van der Waals surface area contributed by atoms with Crippen molar-refractivity contribution in [2.75, 3.05) is 26.7 Å². The van der Waals surface area contributed by atoms with Gasteiger partial charge in [0.1, 0.15) is 5.76 Å². The van der Waals surface area contributed by atoms with Gasteiger partial charge in [-0.25, -0.2) is 0 Å². The average molecular weight is 301 g/mol. The molecule has 2 heterocycles. The van der Waals surface area contributed by atoms with Gasteiger partial charge in [-0.3, -0.25) is 4.90 Å². The maximum atomic E-state index is 5.72. The first-order valence-corrected chi connectivity index (χ1v) is 7.18. The fraction of sp³-hybridized carbons (Fsp3) is 0.692. The highest BCUT2D eigenvalue weighted by molar-refractivity contribution is 9.10. The lowest BCUT2D eigenvalue weighted by molar-refractivity contribution is 0.232. The van der Waals surface area contributed by atoms with Crippen LogP contribution in [0, 0.1) is 5.92 Å². The van der Waals surface area contributed by atoms with Crippen molar-refractivity contribution in [2.24, 2.45) is 5.92 Å². The highest BCUT2D eigenvalue weighted by atomic mass is 79.9. The molecule has 17 heavy (non-hydrogen) atoms. The normalized spacial score (nSPS) is 25.6. The number of hydrogen-bond donors (Lipinski definition) is 1. The Morgan fingerprint density at radius 1 is 1.53 bits per heavy atom. The molecule has 0 bridgehead atoms. The second-order valence-electron chi connectivity index (χ2n) is 4.82. The Balaban J connectivity index is 2.01. The number of nitrogens with zero attached hydrogens (tertiary/aromatic N) is 1. The predicted octanol–water partition coefficient (Wildman–Crippen LogP) is 3.03. The van der Waals surface area contributed by atoms with E-state index in [0.29, 0.717) is 12.0 Å². The zero-order valence-electron chi connectivity index (χ0n) is 10.6. The Labute approximate surface area is 112 Å². The van der Waals surface area contributed by atoms with Crippen LogP contribution in [0.2, 0.25) is 0 Å². The Morgan fingerprint density at radius 2 is 2.35 bits per heavy atom. The molecule has 2 atom stereocenters. The summed E-state index contributed by atoms with van der Waals surface area (Å²) < 4.78 is 6.55. The van der Waals surface area contributed by atoms with Gasteiger partial charge in [0.05, 0.1) is 6.04 Å². The van der Waals surface area contributed by atoms with Gasteiger partial charge in [-0.1, -0.05) is 6.92 Å². The van der Waals surface area contributed by atoms with Crippen LogP contribution >= 0.6 is 15.9 Å². The minimum Gasteiger partial charge on any atom is -0.453 e. The van der Waals surface area contributed by atoms with Crippen molar-refractivity contribution in [1.82, 2.24) is 10.2 Å². The van der Waals surface area contributed by atoms with Gasteiger partial charge in [-0.2, -0.15) is 0 Å². The van der Waals surface area contributed by atoms with E-state index < -0.39 is 0 Å². The second-order valence-corrected chi connectivity index (χ2v) is 5.60. The summed E-state index contributed by atoms with van der Waals surface area (Å²) in [5.41, 5.74) is 0. The zero-order chi connectivity index (χ0) is 12.3. The second kappa shape index (κ2) is 6.03. The summed E-state index contributed by atoms with van der Waals surface area (Å²) in [4.78, 5) is 2.39. The summed E-state index contributed by atoms with van der Waals surface area (Å²) in [5.74, 6) is 1.74. The summed E-state index contributed by atoms with van der Waals surface area (Å²) in [6.45, 7) is 5.55. The molecule has 1 fully saturated rings. The first-order valence-electron chi connectivity index (χ1n) is 6.38. The molecule has 1 aliphatic rings. The lowest BCUT2D eigenvalue weighted by Gasteiger charge is -2.23. The quantitative estimate of drug-likeness (QED) is 0.847. The van der Waals surface area contributed by atoms with Crippen LogP contribution in [0.15, 0.2) is 21.2 Å². The van der Waals surface area contributed by atoms with Gasteiger partial charge in [0.15, 0.2) is 4.67 Å². The number of furan rings is 1. The monoisotopic (exact) mass is 300 g/mol. The molecule has 1 aromatic rings. The SMILES string of the molecule is CCCNCC1CCN(C)C1c1ccc(Br)o1. The Bertz CT molecular complexity index is 353. The molecule has 0 spiro atoms. The van der Waals surface area contributed by atoms with Crippen LogP contribution in [0.4, 0.5) is 0 Å². The molecule has 0 amide bonds. The molecular weight excluding hydrogens is 280 g/mol. The highest BCUT2D eigenvalue weighted by Gasteiger charge is 2.34. The largest absolute Gasteiger partial charge is 0.453 e. The standard InChI is InChI=1S/C13H21BrN2O/c1-3-7-15-9-10-6-8-16(2)13(10)11-4-5-12(14)17-11/h4-5,10,13,15H,3,6-9H2,1-2H3. The van der Waals surface area contributed by atoms with E-state index in [1.54, 1.807) is 0 Å². The first kappa shape index (κ1) is 13.1. The van der Waals surface area contributed by atoms with E-state index in [0.717, 1.165) is 30.1 Å². The maximum absolute atomic E-state index is 5.72. The summed E-state index contributed by atoms with van der Waals surface area (Å²) in [6.07, 6.45) is 2.44. The average Bonchev–Trinajstić information content (AvgIpc) is 2.86. The summed E-state index contributed by atoms with van der Waals surface area (Å²) >= 11 is 3.38. The number of hydrogen-bond acceptors (Lipinski definition) is 3. The molecule has 3 nitrogen and oxygen atoms in total. The number of rotatable bonds is 5. The van der Waals surface area contributed by atoms with Crippen LogP contribution < -0.4 is 5.32 Å². The molecule has 0 aliphatic carbocycles. The third-order valence-electron chi connectivity index (χ3n) is 3.49. The lowest BCUT2D eigenvalue weighted by atomic mass is 9.98. The highest BCUT2D eigenvalue weighted by Crippen LogP contribution is 2.37. The lowest BCUT2D eigenvalue weighted by Crippen LogP contribution is -2.28. The van der Waals surface area contributed by atoms with Gasteiger partial charge in [0.2, 0.25) is 0 Å². The van der Waals surface area contributed by atoms with Gasteiger partial charge < -0.3 is 9.73 Å². The molecule has 1 N–H and O–H groups in total. The molecule has 96 valence electrons. The van der Waals surface area contributed by atoms with Gasteiger partial charge in [-0.15, -0.1) is 0 Å². The molecule has 2 rings (SSSR count). The van der Waals surface area contributed by atoms with Crippen LogP contribution in [0.25, 0.3) is 0 Å². The Kier molecular flexibility index (Phi) is 4.65. The summed E-state index contributed by atoms with van der Waals surface area (Å²) in [6, 6.07) is 4.49. The van der Waals surface area contributed by atoms with E-state index in [2.05, 4.69) is 46.2 Å². The summed E-state index contributed by atoms with van der Waals surface area (Å²) in [7, 11) is 2.18. The van der Waals surface area contributed by atoms with Crippen LogP contribution in [0.1, 0.15) is 31.6 Å². The topological polar surface area (TPSA) is 28.4 Å². The van der Waals surface area contributed by atoms with Crippen molar-refractivity contribution in [1.29, 1.82) is 0 Å². The molecule has 4 heteroatoms. The van der Waals surface area contributed by atoms with Gasteiger partial charge in [0.25, 0.3) is 0 Å². The predicted molar refractivity (Wildman–Crippen MR) is 73.0 cm³/mol. The molecule has 1 aliphatic heterocycles. The van der Waals surface area contributed by atoms with Crippen LogP contribution in [0.5, 0.6) is 0 Å². The summed E-state index contributed by atoms with van der Waals surface area (Å²) in [5, 5.41) is 3.52. The van der Waals surface area contributed by atoms with E-state index in [4.69, 9.17) is 4.42 Å². The van der Waals surface area contributed by atoms with Gasteiger partial charge >= 0.3 is 0 Å². The Morgan fingerprint density at radius 3 is 3.00 bits per heavy atom. The molecule has 0 saturated carbocycles. The van der Waals surface area contributed by atoms with Crippen molar-refractivity contribution in [3.63, 3.8) is 0 Å². The van der Waals surface area contributed by atoms with E-state index in [1.165, 1.54) is 12.8 Å². The molecule has 0 aromatic carbocycles. The van der Waals surface area contributed by atoms with Crippen molar-refractivity contribution in [2.45, 2.75) is 25.8 Å². The van der Waals surface area contributed by atoms with E-state index in [1.807, 2.05) is 6.07 Å². The van der Waals surface area contributed by atoms with Crippen molar-refractivity contribution < 1.29 is 4.42 Å². The van der Waals surface area contributed by atoms with E-state index in [9.17, 15) is 0 Å². The van der Waals surface area contributed by atoms with Crippen molar-refractivity contribution in [3.8, 4) is 0 Å². The van der Waals surface area contributed by atoms with Crippen LogP contribution in [-0.2, 0) is 0 Å². The number of likely N-dealkylation sites (tertiary alicyclic amines) is 1. The molecular formula is C13H21BrN2O. The van der Waals surface area contributed by atoms with Crippen LogP contribution in [0.3, 0.4) is 0 Å². The molecule has 1 aromatic heterocycles. The fourth-order valence-corrected chi connectivity index (χ4v) is 2.96. The molecule has 0 radical (unpaired) electrons. The Hall–Kier alpha value is -0.320. The smallest absolute Gasteiger partial charge is 0.169 e. The maximum Gasteiger partial charge on any atom is 0.169 e. The molecule has 1 saturated heterocycles. The molecule has 2 unspecified atom stereocenters.